The van der Waals surface area contributed by atoms with Gasteiger partial charge in [0.1, 0.15) is 11.6 Å². The number of aromatic nitrogens is 4. The van der Waals surface area contributed by atoms with Crippen molar-refractivity contribution >= 4 is 29.5 Å². The van der Waals surface area contributed by atoms with Crippen molar-refractivity contribution in [2.24, 2.45) is 4.99 Å². The Labute approximate surface area is 217 Å². The molecule has 4 aromatic rings. The number of piperazine rings is 1. The molecule has 0 aliphatic carbocycles. The first-order chi connectivity index (χ1) is 17.4. The summed E-state index contributed by atoms with van der Waals surface area (Å²) in [6.07, 6.45) is 3.64. The molecule has 1 saturated heterocycles. The molecule has 4 heterocycles. The molecule has 1 atom stereocenters. The number of anilines is 2. The molecule has 0 amide bonds. The minimum absolute atomic E-state index is 0.211. The smallest absolute Gasteiger partial charge is 0.236 e. The fourth-order valence-corrected chi connectivity index (χ4v) is 5.03. The summed E-state index contributed by atoms with van der Waals surface area (Å²) in [6, 6.07) is 18.6. The number of nitrogens with zero attached hydrogens (tertiary/aromatic N) is 7. The SMILES string of the molecule is CN=Cc1ccc(-c2cc(N3CCN(c4ncccc4Cl)C[C@H]3C)nc(-n3c(C)ccc3C)n2)cc1. The molecule has 184 valence electrons. The molecular weight excluding hydrogens is 470 g/mol. The van der Waals surface area contributed by atoms with Crippen molar-refractivity contribution in [2.45, 2.75) is 26.8 Å². The Kier molecular flexibility index (Phi) is 6.74. The quantitative estimate of drug-likeness (QED) is 0.346. The van der Waals surface area contributed by atoms with E-state index in [-0.39, 0.29) is 6.04 Å². The van der Waals surface area contributed by atoms with Gasteiger partial charge >= 0.3 is 0 Å². The molecule has 0 N–H and O–H groups in total. The number of halogens is 1. The maximum Gasteiger partial charge on any atom is 0.236 e. The Morgan fingerprint density at radius 1 is 1.00 bits per heavy atom. The normalized spacial score (nSPS) is 16.2. The van der Waals surface area contributed by atoms with Crippen LogP contribution >= 0.6 is 11.6 Å². The fourth-order valence-electron chi connectivity index (χ4n) is 4.79. The third kappa shape index (κ3) is 4.71. The number of benzene rings is 1. The number of hydrogen-bond donors (Lipinski definition) is 0. The van der Waals surface area contributed by atoms with Crippen molar-refractivity contribution in [1.82, 2.24) is 19.5 Å². The van der Waals surface area contributed by atoms with Crippen LogP contribution in [0.3, 0.4) is 0 Å². The highest BCUT2D eigenvalue weighted by Gasteiger charge is 2.27. The molecule has 1 aliphatic heterocycles. The third-order valence-electron chi connectivity index (χ3n) is 6.62. The Hall–Kier alpha value is -3.71. The summed E-state index contributed by atoms with van der Waals surface area (Å²) in [6.45, 7) is 8.80. The van der Waals surface area contributed by atoms with Crippen molar-refractivity contribution in [3.63, 3.8) is 0 Å². The minimum Gasteiger partial charge on any atom is -0.352 e. The Bertz CT molecular complexity index is 1370. The first-order valence-electron chi connectivity index (χ1n) is 12.1. The zero-order valence-electron chi connectivity index (χ0n) is 21.1. The van der Waals surface area contributed by atoms with Crippen LogP contribution in [0.4, 0.5) is 11.6 Å². The van der Waals surface area contributed by atoms with Gasteiger partial charge in [0, 0.05) is 68.2 Å². The van der Waals surface area contributed by atoms with E-state index >= 15 is 0 Å². The Morgan fingerprint density at radius 2 is 1.75 bits per heavy atom. The molecule has 1 fully saturated rings. The molecule has 36 heavy (non-hydrogen) atoms. The Balaban J connectivity index is 1.52. The van der Waals surface area contributed by atoms with Gasteiger partial charge in [0.05, 0.1) is 10.7 Å². The van der Waals surface area contributed by atoms with E-state index in [0.29, 0.717) is 11.0 Å². The molecule has 0 radical (unpaired) electrons. The molecule has 0 spiro atoms. The van der Waals surface area contributed by atoms with E-state index in [1.54, 1.807) is 13.2 Å². The van der Waals surface area contributed by atoms with Gasteiger partial charge in [-0.05, 0) is 50.6 Å². The molecule has 7 nitrogen and oxygen atoms in total. The third-order valence-corrected chi connectivity index (χ3v) is 6.91. The van der Waals surface area contributed by atoms with Gasteiger partial charge in [-0.25, -0.2) is 9.97 Å². The summed E-state index contributed by atoms with van der Waals surface area (Å²) in [5.74, 6) is 2.44. The lowest BCUT2D eigenvalue weighted by atomic mass is 10.1. The summed E-state index contributed by atoms with van der Waals surface area (Å²) in [4.78, 5) is 23.3. The fraction of sp³-hybridized carbons (Fsp3) is 0.286. The lowest BCUT2D eigenvalue weighted by molar-refractivity contribution is 0.542. The standard InChI is InChI=1S/C28H30ClN7/c1-19-7-8-20(2)36(19)28-32-25(23-11-9-22(10-12-23)17-30-4)16-26(33-28)35-15-14-34(18-21(35)3)27-24(29)6-5-13-31-27/h5-13,16-17,21H,14-15,18H2,1-4H3/t21-/m1/s1. The predicted molar refractivity (Wildman–Crippen MR) is 148 cm³/mol. The first kappa shape index (κ1) is 24.0. The van der Waals surface area contributed by atoms with Crippen LogP contribution < -0.4 is 9.80 Å². The van der Waals surface area contributed by atoms with Gasteiger partial charge in [0.25, 0.3) is 0 Å². The van der Waals surface area contributed by atoms with E-state index in [9.17, 15) is 0 Å². The average molecular weight is 500 g/mol. The number of hydrogen-bond acceptors (Lipinski definition) is 6. The second-order valence-electron chi connectivity index (χ2n) is 9.17. The van der Waals surface area contributed by atoms with Crippen LogP contribution in [0, 0.1) is 13.8 Å². The van der Waals surface area contributed by atoms with E-state index in [1.807, 2.05) is 18.3 Å². The molecule has 1 aliphatic rings. The van der Waals surface area contributed by atoms with Crippen molar-refractivity contribution in [3.05, 3.63) is 82.8 Å². The summed E-state index contributed by atoms with van der Waals surface area (Å²) >= 11 is 6.44. The van der Waals surface area contributed by atoms with Gasteiger partial charge < -0.3 is 9.80 Å². The monoisotopic (exact) mass is 499 g/mol. The largest absolute Gasteiger partial charge is 0.352 e. The van der Waals surface area contributed by atoms with Crippen LogP contribution in [-0.2, 0) is 0 Å². The second kappa shape index (κ2) is 10.1. The van der Waals surface area contributed by atoms with Crippen LogP contribution in [0.15, 0.2) is 65.8 Å². The van der Waals surface area contributed by atoms with Crippen molar-refractivity contribution < 1.29 is 0 Å². The molecule has 5 rings (SSSR count). The van der Waals surface area contributed by atoms with Crippen LogP contribution in [0.5, 0.6) is 0 Å². The van der Waals surface area contributed by atoms with E-state index in [1.165, 1.54) is 0 Å². The number of pyridine rings is 1. The number of aliphatic imine (C=N–C) groups is 1. The van der Waals surface area contributed by atoms with E-state index < -0.39 is 0 Å². The van der Waals surface area contributed by atoms with E-state index in [0.717, 1.165) is 59.5 Å². The van der Waals surface area contributed by atoms with Gasteiger partial charge in [-0.15, -0.1) is 0 Å². The highest BCUT2D eigenvalue weighted by molar-refractivity contribution is 6.32. The van der Waals surface area contributed by atoms with E-state index in [2.05, 4.69) is 87.6 Å². The van der Waals surface area contributed by atoms with Crippen molar-refractivity contribution in [3.8, 4) is 17.2 Å². The van der Waals surface area contributed by atoms with Gasteiger partial charge in [-0.1, -0.05) is 35.9 Å². The minimum atomic E-state index is 0.211. The average Bonchev–Trinajstić information content (AvgIpc) is 3.22. The van der Waals surface area contributed by atoms with Crippen LogP contribution in [0.25, 0.3) is 17.2 Å². The molecule has 0 unspecified atom stereocenters. The molecule has 1 aromatic carbocycles. The zero-order chi connectivity index (χ0) is 25.2. The maximum atomic E-state index is 6.44. The maximum absolute atomic E-state index is 6.44. The van der Waals surface area contributed by atoms with Gasteiger partial charge in [-0.2, -0.15) is 4.98 Å². The summed E-state index contributed by atoms with van der Waals surface area (Å²) in [5, 5.41) is 0.680. The first-order valence-corrected chi connectivity index (χ1v) is 12.5. The molecule has 0 saturated carbocycles. The van der Waals surface area contributed by atoms with Crippen molar-refractivity contribution in [2.75, 3.05) is 36.5 Å². The second-order valence-corrected chi connectivity index (χ2v) is 9.58. The topological polar surface area (TPSA) is 62.4 Å². The highest BCUT2D eigenvalue weighted by Crippen LogP contribution is 2.29. The van der Waals surface area contributed by atoms with Crippen LogP contribution in [0.1, 0.15) is 23.9 Å². The zero-order valence-corrected chi connectivity index (χ0v) is 21.8. The van der Waals surface area contributed by atoms with Crippen LogP contribution in [0.2, 0.25) is 5.02 Å². The van der Waals surface area contributed by atoms with Crippen LogP contribution in [-0.4, -0.2) is 58.5 Å². The highest BCUT2D eigenvalue weighted by atomic mass is 35.5. The molecular formula is C28H30ClN7. The lowest BCUT2D eigenvalue weighted by Gasteiger charge is -2.41. The van der Waals surface area contributed by atoms with Gasteiger partial charge in [0.15, 0.2) is 0 Å². The van der Waals surface area contributed by atoms with Gasteiger partial charge in [0.2, 0.25) is 5.95 Å². The predicted octanol–water partition coefficient (Wildman–Crippen LogP) is 5.36. The van der Waals surface area contributed by atoms with E-state index in [4.69, 9.17) is 21.6 Å². The molecule has 0 bridgehead atoms. The summed E-state index contributed by atoms with van der Waals surface area (Å²) < 4.78 is 2.11. The van der Waals surface area contributed by atoms with Gasteiger partial charge in [-0.3, -0.25) is 9.56 Å². The molecule has 8 heteroatoms. The lowest BCUT2D eigenvalue weighted by Crippen LogP contribution is -2.52. The van der Waals surface area contributed by atoms with Crippen molar-refractivity contribution in [1.29, 1.82) is 0 Å². The molecule has 3 aromatic heterocycles. The number of aryl methyl sites for hydroxylation is 2. The summed E-state index contributed by atoms with van der Waals surface area (Å²) in [5.41, 5.74) is 5.21. The Morgan fingerprint density at radius 3 is 2.42 bits per heavy atom. The summed E-state index contributed by atoms with van der Waals surface area (Å²) in [7, 11) is 1.78. The number of rotatable bonds is 5.